The van der Waals surface area contributed by atoms with Crippen LogP contribution in [0.1, 0.15) is 0 Å². The van der Waals surface area contributed by atoms with Gasteiger partial charge in [-0.3, -0.25) is 0 Å². The summed E-state index contributed by atoms with van der Waals surface area (Å²) in [6, 6.07) is 25.6. The van der Waals surface area contributed by atoms with Gasteiger partial charge >= 0.3 is 0 Å². The van der Waals surface area contributed by atoms with E-state index in [1.807, 2.05) is 66.7 Å². The van der Waals surface area contributed by atoms with Gasteiger partial charge in [-0.25, -0.2) is 9.97 Å². The van der Waals surface area contributed by atoms with Gasteiger partial charge in [0, 0.05) is 28.0 Å². The van der Waals surface area contributed by atoms with Crippen molar-refractivity contribution in [2.45, 2.75) is 0 Å². The maximum absolute atomic E-state index is 6.32. The quantitative estimate of drug-likeness (QED) is 0.345. The van der Waals surface area contributed by atoms with Crippen molar-refractivity contribution in [2.75, 3.05) is 0 Å². The average molecular weight is 357 g/mol. The Morgan fingerprint density at radius 1 is 0.731 bits per heavy atom. The Bertz CT molecular complexity index is 1250. The highest BCUT2D eigenvalue weighted by Crippen LogP contribution is 2.36. The van der Waals surface area contributed by atoms with Crippen LogP contribution in [0.15, 0.2) is 83.3 Å². The van der Waals surface area contributed by atoms with Gasteiger partial charge in [-0.15, -0.1) is 0 Å². The lowest BCUT2D eigenvalue weighted by atomic mass is 10.0. The van der Waals surface area contributed by atoms with Crippen LogP contribution < -0.4 is 0 Å². The first kappa shape index (κ1) is 15.1. The molecular weight excluding hydrogens is 344 g/mol. The van der Waals surface area contributed by atoms with Gasteiger partial charge in [0.05, 0.1) is 5.69 Å². The molecule has 0 spiro atoms. The fourth-order valence-electron chi connectivity index (χ4n) is 3.26. The van der Waals surface area contributed by atoms with Crippen LogP contribution >= 0.6 is 11.6 Å². The average Bonchev–Trinajstić information content (AvgIpc) is 3.07. The van der Waals surface area contributed by atoms with Gasteiger partial charge in [0.25, 0.3) is 0 Å². The van der Waals surface area contributed by atoms with Crippen LogP contribution in [0.4, 0.5) is 0 Å². The van der Waals surface area contributed by atoms with Gasteiger partial charge in [-0.2, -0.15) is 0 Å². The fourth-order valence-corrected chi connectivity index (χ4v) is 3.44. The summed E-state index contributed by atoms with van der Waals surface area (Å²) in [7, 11) is 0. The zero-order valence-corrected chi connectivity index (χ0v) is 14.4. The zero-order valence-electron chi connectivity index (χ0n) is 13.7. The number of fused-ring (bicyclic) bond motifs is 3. The summed E-state index contributed by atoms with van der Waals surface area (Å²) >= 11 is 6.32. The largest absolute Gasteiger partial charge is 0.456 e. The molecule has 0 amide bonds. The molecule has 124 valence electrons. The third-order valence-corrected chi connectivity index (χ3v) is 4.60. The molecule has 5 aromatic rings. The minimum atomic E-state index is 0.415. The number of para-hydroxylation sites is 1. The molecule has 0 aliphatic carbocycles. The van der Waals surface area contributed by atoms with Gasteiger partial charge in [-0.1, -0.05) is 72.3 Å². The monoisotopic (exact) mass is 356 g/mol. The van der Waals surface area contributed by atoms with E-state index in [1.165, 1.54) is 0 Å². The number of nitrogens with zero attached hydrogens (tertiary/aromatic N) is 2. The molecule has 26 heavy (non-hydrogen) atoms. The number of furan rings is 1. The van der Waals surface area contributed by atoms with E-state index in [9.17, 15) is 0 Å². The van der Waals surface area contributed by atoms with Crippen molar-refractivity contribution in [3.8, 4) is 22.6 Å². The van der Waals surface area contributed by atoms with E-state index in [4.69, 9.17) is 21.0 Å². The predicted molar refractivity (Wildman–Crippen MR) is 105 cm³/mol. The van der Waals surface area contributed by atoms with Gasteiger partial charge in [0.2, 0.25) is 0 Å². The minimum Gasteiger partial charge on any atom is -0.456 e. The molecule has 0 radical (unpaired) electrons. The summed E-state index contributed by atoms with van der Waals surface area (Å²) < 4.78 is 5.98. The van der Waals surface area contributed by atoms with Crippen LogP contribution in [0.5, 0.6) is 0 Å². The van der Waals surface area contributed by atoms with E-state index < -0.39 is 0 Å². The Balaban J connectivity index is 1.80. The Hall–Kier alpha value is -3.17. The Labute approximate surface area is 154 Å². The van der Waals surface area contributed by atoms with Crippen molar-refractivity contribution in [1.29, 1.82) is 0 Å². The van der Waals surface area contributed by atoms with Gasteiger partial charge in [0.1, 0.15) is 16.3 Å². The van der Waals surface area contributed by atoms with Crippen LogP contribution in [0.25, 0.3) is 44.6 Å². The highest BCUT2D eigenvalue weighted by molar-refractivity contribution is 6.29. The molecule has 0 saturated heterocycles. The highest BCUT2D eigenvalue weighted by Gasteiger charge is 2.14. The maximum Gasteiger partial charge on any atom is 0.161 e. The number of hydrogen-bond donors (Lipinski definition) is 0. The number of halogens is 1. The second-order valence-electron chi connectivity index (χ2n) is 6.04. The maximum atomic E-state index is 6.32. The van der Waals surface area contributed by atoms with E-state index in [-0.39, 0.29) is 0 Å². The zero-order chi connectivity index (χ0) is 17.5. The molecule has 0 atom stereocenters. The van der Waals surface area contributed by atoms with Crippen LogP contribution in [-0.4, -0.2) is 9.97 Å². The van der Waals surface area contributed by atoms with Crippen molar-refractivity contribution in [2.24, 2.45) is 0 Å². The molecule has 0 N–H and O–H groups in total. The fraction of sp³-hybridized carbons (Fsp3) is 0. The van der Waals surface area contributed by atoms with E-state index in [0.717, 1.165) is 38.8 Å². The molecule has 0 unspecified atom stereocenters. The van der Waals surface area contributed by atoms with Crippen LogP contribution in [0.3, 0.4) is 0 Å². The molecule has 5 rings (SSSR count). The Kier molecular flexibility index (Phi) is 3.47. The van der Waals surface area contributed by atoms with E-state index in [0.29, 0.717) is 11.0 Å². The summed E-state index contributed by atoms with van der Waals surface area (Å²) in [5.74, 6) is 0.609. The SMILES string of the molecule is Clc1cc(-c2cccc3oc4ccccc4c23)nc(-c2ccccc2)n1. The minimum absolute atomic E-state index is 0.415. The van der Waals surface area contributed by atoms with Crippen molar-refractivity contribution in [1.82, 2.24) is 9.97 Å². The smallest absolute Gasteiger partial charge is 0.161 e. The number of benzene rings is 3. The topological polar surface area (TPSA) is 38.9 Å². The number of hydrogen-bond acceptors (Lipinski definition) is 3. The van der Waals surface area contributed by atoms with Crippen LogP contribution in [0, 0.1) is 0 Å². The summed E-state index contributed by atoms with van der Waals surface area (Å²) in [6.45, 7) is 0. The van der Waals surface area contributed by atoms with Gasteiger partial charge < -0.3 is 4.42 Å². The highest BCUT2D eigenvalue weighted by atomic mass is 35.5. The lowest BCUT2D eigenvalue weighted by molar-refractivity contribution is 0.669. The van der Waals surface area contributed by atoms with Gasteiger partial charge in [0.15, 0.2) is 5.82 Å². The van der Waals surface area contributed by atoms with Crippen molar-refractivity contribution in [3.63, 3.8) is 0 Å². The second kappa shape index (κ2) is 5.97. The lowest BCUT2D eigenvalue weighted by Crippen LogP contribution is -1.93. The summed E-state index contributed by atoms with van der Waals surface area (Å²) in [6.07, 6.45) is 0. The molecule has 3 aromatic carbocycles. The first-order valence-electron chi connectivity index (χ1n) is 8.30. The first-order chi connectivity index (χ1) is 12.8. The molecule has 2 aromatic heterocycles. The molecule has 0 aliphatic rings. The van der Waals surface area contributed by atoms with E-state index >= 15 is 0 Å². The summed E-state index contributed by atoms with van der Waals surface area (Å²) in [5.41, 5.74) is 4.38. The number of aromatic nitrogens is 2. The third kappa shape index (κ3) is 2.45. The first-order valence-corrected chi connectivity index (χ1v) is 8.68. The van der Waals surface area contributed by atoms with Crippen LogP contribution in [0.2, 0.25) is 5.15 Å². The molecule has 0 saturated carbocycles. The molecule has 0 bridgehead atoms. The van der Waals surface area contributed by atoms with Crippen molar-refractivity contribution < 1.29 is 4.42 Å². The Morgan fingerprint density at radius 2 is 1.50 bits per heavy atom. The summed E-state index contributed by atoms with van der Waals surface area (Å²) in [5, 5.41) is 2.52. The summed E-state index contributed by atoms with van der Waals surface area (Å²) in [4.78, 5) is 9.16. The third-order valence-electron chi connectivity index (χ3n) is 4.41. The predicted octanol–water partition coefficient (Wildman–Crippen LogP) is 6.36. The molecule has 2 heterocycles. The second-order valence-corrected chi connectivity index (χ2v) is 6.43. The molecule has 0 aliphatic heterocycles. The van der Waals surface area contributed by atoms with Crippen molar-refractivity contribution in [3.05, 3.63) is 84.0 Å². The Morgan fingerprint density at radius 3 is 2.38 bits per heavy atom. The molecule has 3 nitrogen and oxygen atoms in total. The van der Waals surface area contributed by atoms with E-state index in [2.05, 4.69) is 11.1 Å². The standard InChI is InChI=1S/C22H13ClN2O/c23-20-13-17(24-22(25-20)14-7-2-1-3-8-14)15-10-6-12-19-21(15)16-9-4-5-11-18(16)26-19/h1-13H. The van der Waals surface area contributed by atoms with Crippen LogP contribution in [-0.2, 0) is 0 Å². The number of rotatable bonds is 2. The molecule has 4 heteroatoms. The van der Waals surface area contributed by atoms with Crippen molar-refractivity contribution >= 4 is 33.5 Å². The molecular formula is C22H13ClN2O. The van der Waals surface area contributed by atoms with Gasteiger partial charge in [-0.05, 0) is 12.1 Å². The van der Waals surface area contributed by atoms with E-state index in [1.54, 1.807) is 6.07 Å². The molecule has 0 fully saturated rings. The lowest BCUT2D eigenvalue weighted by Gasteiger charge is -2.07. The normalized spacial score (nSPS) is 11.3.